The number of phenols is 1. The minimum absolute atomic E-state index is 0.102. The van der Waals surface area contributed by atoms with E-state index in [0.29, 0.717) is 11.3 Å². The van der Waals surface area contributed by atoms with Crippen molar-refractivity contribution in [3.63, 3.8) is 0 Å². The van der Waals surface area contributed by atoms with Gasteiger partial charge in [-0.1, -0.05) is 46.3 Å². The van der Waals surface area contributed by atoms with Crippen molar-refractivity contribution in [1.29, 1.82) is 0 Å². The van der Waals surface area contributed by atoms with E-state index < -0.39 is 10.0 Å². The zero-order valence-corrected chi connectivity index (χ0v) is 17.8. The molecule has 28 heavy (non-hydrogen) atoms. The number of aromatic hydroxyl groups is 1. The van der Waals surface area contributed by atoms with Crippen LogP contribution >= 0.6 is 15.9 Å². The van der Waals surface area contributed by atoms with E-state index in [2.05, 4.69) is 25.6 Å². The fourth-order valence-electron chi connectivity index (χ4n) is 2.78. The largest absolute Gasteiger partial charge is 0.508 e. The summed E-state index contributed by atoms with van der Waals surface area (Å²) in [5.41, 5.74) is 2.89. The number of phenolic OH excluding ortho intramolecular Hbond substituents is 1. The summed E-state index contributed by atoms with van der Waals surface area (Å²) in [4.78, 5) is 0.102. The number of aryl methyl sites for hydroxylation is 2. The quantitative estimate of drug-likeness (QED) is 0.326. The Morgan fingerprint density at radius 1 is 0.964 bits per heavy atom. The summed E-state index contributed by atoms with van der Waals surface area (Å²) in [5, 5.41) is 12.9. The molecule has 0 fully saturated rings. The first-order valence-corrected chi connectivity index (χ1v) is 10.7. The molecule has 0 saturated heterocycles. The van der Waals surface area contributed by atoms with Crippen LogP contribution < -0.4 is 5.32 Å². The fraction of sp³-hybridized carbons (Fsp3) is 0.0952. The molecule has 7 heteroatoms. The van der Waals surface area contributed by atoms with Gasteiger partial charge in [-0.3, -0.25) is 0 Å². The van der Waals surface area contributed by atoms with Crippen molar-refractivity contribution >= 4 is 37.5 Å². The number of nitrogens with zero attached hydrogens (tertiary/aromatic N) is 1. The van der Waals surface area contributed by atoms with Gasteiger partial charge in [-0.2, -0.15) is 8.42 Å². The predicted octanol–water partition coefficient (Wildman–Crippen LogP) is 5.02. The van der Waals surface area contributed by atoms with Gasteiger partial charge in [0.15, 0.2) is 5.84 Å². The Morgan fingerprint density at radius 2 is 1.54 bits per heavy atom. The molecule has 0 aliphatic heterocycles. The van der Waals surface area contributed by atoms with E-state index in [1.54, 1.807) is 36.4 Å². The van der Waals surface area contributed by atoms with E-state index in [0.717, 1.165) is 15.6 Å². The number of hydrogen-bond donors (Lipinski definition) is 2. The van der Waals surface area contributed by atoms with Gasteiger partial charge in [0.2, 0.25) is 0 Å². The van der Waals surface area contributed by atoms with Gasteiger partial charge in [-0.25, -0.2) is 0 Å². The van der Waals surface area contributed by atoms with E-state index in [4.69, 9.17) is 0 Å². The third-order valence-corrected chi connectivity index (χ3v) is 5.95. The number of amidine groups is 1. The molecule has 0 aliphatic rings. The highest BCUT2D eigenvalue weighted by molar-refractivity contribution is 9.10. The maximum Gasteiger partial charge on any atom is 0.284 e. The summed E-state index contributed by atoms with van der Waals surface area (Å²) in [6.07, 6.45) is 0. The molecule has 2 N–H and O–H groups in total. The molecule has 0 atom stereocenters. The second-order valence-corrected chi connectivity index (χ2v) is 8.83. The van der Waals surface area contributed by atoms with Crippen LogP contribution in [0.3, 0.4) is 0 Å². The Hall–Kier alpha value is -2.64. The normalized spacial score (nSPS) is 12.0. The molecule has 0 aromatic heterocycles. The molecule has 3 aromatic carbocycles. The van der Waals surface area contributed by atoms with Gasteiger partial charge in [0, 0.05) is 15.7 Å². The number of benzene rings is 3. The molecule has 0 saturated carbocycles. The van der Waals surface area contributed by atoms with E-state index in [1.165, 1.54) is 12.1 Å². The number of sulfonamides is 1. The zero-order valence-electron chi connectivity index (χ0n) is 15.3. The van der Waals surface area contributed by atoms with E-state index in [-0.39, 0.29) is 16.5 Å². The van der Waals surface area contributed by atoms with Gasteiger partial charge in [0.1, 0.15) is 5.75 Å². The average Bonchev–Trinajstić information content (AvgIpc) is 2.64. The van der Waals surface area contributed by atoms with Crippen molar-refractivity contribution in [2.75, 3.05) is 5.32 Å². The Balaban J connectivity index is 2.11. The van der Waals surface area contributed by atoms with E-state index in [9.17, 15) is 13.5 Å². The monoisotopic (exact) mass is 458 g/mol. The summed E-state index contributed by atoms with van der Waals surface area (Å²) < 4.78 is 30.6. The summed E-state index contributed by atoms with van der Waals surface area (Å²) in [6.45, 7) is 3.67. The van der Waals surface area contributed by atoms with Gasteiger partial charge in [0.25, 0.3) is 10.0 Å². The van der Waals surface area contributed by atoms with Gasteiger partial charge in [-0.05, 0) is 61.4 Å². The lowest BCUT2D eigenvalue weighted by Gasteiger charge is -2.15. The molecule has 3 aromatic rings. The van der Waals surface area contributed by atoms with Gasteiger partial charge in [-0.15, -0.1) is 4.40 Å². The summed E-state index contributed by atoms with van der Waals surface area (Å²) in [7, 11) is -3.92. The van der Waals surface area contributed by atoms with Gasteiger partial charge >= 0.3 is 0 Å². The molecule has 3 rings (SSSR count). The van der Waals surface area contributed by atoms with Gasteiger partial charge in [0.05, 0.1) is 4.90 Å². The molecule has 0 amide bonds. The zero-order chi connectivity index (χ0) is 20.3. The molecule has 0 spiro atoms. The van der Waals surface area contributed by atoms with Crippen LogP contribution in [0, 0.1) is 13.8 Å². The SMILES string of the molecule is Cc1cc(O)cc(C)c1NC(=NS(=O)(=O)c1ccc(Br)cc1)c1ccccc1. The first kappa shape index (κ1) is 20.1. The van der Waals surface area contributed by atoms with Crippen molar-refractivity contribution in [2.45, 2.75) is 18.7 Å². The van der Waals surface area contributed by atoms with Gasteiger partial charge < -0.3 is 10.4 Å². The fourth-order valence-corrected chi connectivity index (χ4v) is 4.02. The van der Waals surface area contributed by atoms with Crippen LogP contribution in [0.4, 0.5) is 5.69 Å². The molecular weight excluding hydrogens is 440 g/mol. The first-order chi connectivity index (χ1) is 13.3. The third-order valence-electron chi connectivity index (χ3n) is 4.13. The first-order valence-electron chi connectivity index (χ1n) is 8.49. The Kier molecular flexibility index (Phi) is 5.86. The van der Waals surface area contributed by atoms with Crippen molar-refractivity contribution < 1.29 is 13.5 Å². The molecule has 0 radical (unpaired) electrons. The molecule has 144 valence electrons. The molecule has 0 unspecified atom stereocenters. The maximum atomic E-state index is 12.9. The van der Waals surface area contributed by atoms with E-state index >= 15 is 0 Å². The highest BCUT2D eigenvalue weighted by Gasteiger charge is 2.17. The van der Waals surface area contributed by atoms with Crippen molar-refractivity contribution in [3.05, 3.63) is 87.9 Å². The Morgan fingerprint density at radius 3 is 2.11 bits per heavy atom. The number of rotatable bonds is 4. The Bertz CT molecular complexity index is 1100. The number of nitrogens with one attached hydrogen (secondary N) is 1. The highest BCUT2D eigenvalue weighted by atomic mass is 79.9. The van der Waals surface area contributed by atoms with Crippen molar-refractivity contribution in [1.82, 2.24) is 0 Å². The van der Waals surface area contributed by atoms with Crippen molar-refractivity contribution in [2.24, 2.45) is 4.40 Å². The summed E-state index contributed by atoms with van der Waals surface area (Å²) in [5.74, 6) is 0.363. The standard InChI is InChI=1S/C21H19BrN2O3S/c1-14-12-18(25)13-15(2)20(14)23-21(16-6-4-3-5-7-16)24-28(26,27)19-10-8-17(22)9-11-19/h3-13,25H,1-2H3,(H,23,24). The summed E-state index contributed by atoms with van der Waals surface area (Å²) in [6, 6.07) is 18.6. The molecule has 0 bridgehead atoms. The van der Waals surface area contributed by atoms with Crippen LogP contribution in [0.25, 0.3) is 0 Å². The highest BCUT2D eigenvalue weighted by Crippen LogP contribution is 2.27. The smallest absolute Gasteiger partial charge is 0.284 e. The minimum atomic E-state index is -3.92. The molecule has 0 aliphatic carbocycles. The minimum Gasteiger partial charge on any atom is -0.508 e. The summed E-state index contributed by atoms with van der Waals surface area (Å²) >= 11 is 3.30. The molecule has 0 heterocycles. The second kappa shape index (κ2) is 8.16. The topological polar surface area (TPSA) is 78.8 Å². The predicted molar refractivity (Wildman–Crippen MR) is 116 cm³/mol. The number of hydrogen-bond acceptors (Lipinski definition) is 3. The lowest BCUT2D eigenvalue weighted by atomic mass is 10.1. The van der Waals surface area contributed by atoms with Crippen LogP contribution in [0.5, 0.6) is 5.75 Å². The second-order valence-electron chi connectivity index (χ2n) is 6.31. The van der Waals surface area contributed by atoms with Crippen LogP contribution in [0.2, 0.25) is 0 Å². The lowest BCUT2D eigenvalue weighted by Crippen LogP contribution is -2.17. The molecular formula is C21H19BrN2O3S. The van der Waals surface area contributed by atoms with Crippen LogP contribution in [-0.2, 0) is 10.0 Å². The number of anilines is 1. The van der Waals surface area contributed by atoms with Crippen LogP contribution in [0.1, 0.15) is 16.7 Å². The number of halogens is 1. The van der Waals surface area contributed by atoms with Crippen molar-refractivity contribution in [3.8, 4) is 5.75 Å². The lowest BCUT2D eigenvalue weighted by molar-refractivity contribution is 0.474. The third kappa shape index (κ3) is 4.61. The average molecular weight is 459 g/mol. The molecule has 5 nitrogen and oxygen atoms in total. The van der Waals surface area contributed by atoms with E-state index in [1.807, 2.05) is 32.0 Å². The van der Waals surface area contributed by atoms with Crippen LogP contribution in [-0.4, -0.2) is 19.4 Å². The Labute approximate surface area is 173 Å². The van der Waals surface area contributed by atoms with Crippen LogP contribution in [0.15, 0.2) is 80.5 Å². The maximum absolute atomic E-state index is 12.9.